The number of anilines is 1. The Morgan fingerprint density at radius 3 is 2.57 bits per heavy atom. The Balaban J connectivity index is 3.08. The van der Waals surface area contributed by atoms with Crippen molar-refractivity contribution < 1.29 is 0 Å². The second-order valence-electron chi connectivity index (χ2n) is 3.73. The number of rotatable bonds is 2. The van der Waals surface area contributed by atoms with Crippen LogP contribution in [0.1, 0.15) is 30.9 Å². The van der Waals surface area contributed by atoms with E-state index in [2.05, 4.69) is 32.2 Å². The van der Waals surface area contributed by atoms with Crippen molar-refractivity contribution in [1.29, 1.82) is 0 Å². The summed E-state index contributed by atoms with van der Waals surface area (Å²) >= 11 is 4.82. The summed E-state index contributed by atoms with van der Waals surface area (Å²) in [6.07, 6.45) is 0. The maximum atomic E-state index is 5.45. The Bertz CT molecular complexity index is 345. The molecule has 14 heavy (non-hydrogen) atoms. The van der Waals surface area contributed by atoms with Gasteiger partial charge in [-0.3, -0.25) is 0 Å². The fraction of sp³-hybridized carbons (Fsp3) is 0.364. The van der Waals surface area contributed by atoms with Crippen molar-refractivity contribution in [2.75, 3.05) is 5.32 Å². The monoisotopic (exact) mass is 208 g/mol. The number of benzene rings is 1. The van der Waals surface area contributed by atoms with Crippen LogP contribution in [0.15, 0.2) is 18.2 Å². The molecular weight excluding hydrogens is 192 g/mol. The molecule has 3 heteroatoms. The second kappa shape index (κ2) is 4.42. The summed E-state index contributed by atoms with van der Waals surface area (Å²) in [6, 6.07) is 6.22. The van der Waals surface area contributed by atoms with E-state index < -0.39 is 0 Å². The van der Waals surface area contributed by atoms with Gasteiger partial charge in [-0.25, -0.2) is 0 Å². The SMILES string of the molecule is Cc1ccc(NC(N)=S)c(C(C)C)c1. The average Bonchev–Trinajstić information content (AvgIpc) is 2.07. The van der Waals surface area contributed by atoms with E-state index in [9.17, 15) is 0 Å². The highest BCUT2D eigenvalue weighted by molar-refractivity contribution is 7.80. The Morgan fingerprint density at radius 2 is 2.07 bits per heavy atom. The zero-order valence-electron chi connectivity index (χ0n) is 8.79. The van der Waals surface area contributed by atoms with Crippen molar-refractivity contribution in [1.82, 2.24) is 0 Å². The zero-order chi connectivity index (χ0) is 10.7. The van der Waals surface area contributed by atoms with Crippen molar-refractivity contribution in [2.45, 2.75) is 26.7 Å². The molecule has 0 atom stereocenters. The number of nitrogens with two attached hydrogens (primary N) is 1. The Morgan fingerprint density at radius 1 is 1.43 bits per heavy atom. The van der Waals surface area contributed by atoms with E-state index in [4.69, 9.17) is 18.0 Å². The summed E-state index contributed by atoms with van der Waals surface area (Å²) in [4.78, 5) is 0. The molecule has 0 amide bonds. The molecule has 0 aromatic heterocycles. The van der Waals surface area contributed by atoms with E-state index in [0.717, 1.165) is 5.69 Å². The Labute approximate surface area is 90.5 Å². The first-order valence-electron chi connectivity index (χ1n) is 4.67. The van der Waals surface area contributed by atoms with E-state index >= 15 is 0 Å². The van der Waals surface area contributed by atoms with E-state index in [1.165, 1.54) is 11.1 Å². The van der Waals surface area contributed by atoms with Crippen molar-refractivity contribution in [3.05, 3.63) is 29.3 Å². The molecule has 0 bridgehead atoms. The van der Waals surface area contributed by atoms with Crippen LogP contribution in [-0.4, -0.2) is 5.11 Å². The van der Waals surface area contributed by atoms with Crippen LogP contribution in [0.4, 0.5) is 5.69 Å². The molecule has 0 radical (unpaired) electrons. The molecular formula is C11H16N2S. The molecule has 0 unspecified atom stereocenters. The van der Waals surface area contributed by atoms with Crippen molar-refractivity contribution in [2.24, 2.45) is 5.73 Å². The zero-order valence-corrected chi connectivity index (χ0v) is 9.61. The molecule has 1 rings (SSSR count). The van der Waals surface area contributed by atoms with Gasteiger partial charge in [-0.05, 0) is 36.7 Å². The first-order valence-corrected chi connectivity index (χ1v) is 5.08. The fourth-order valence-electron chi connectivity index (χ4n) is 1.41. The summed E-state index contributed by atoms with van der Waals surface area (Å²) in [5, 5.41) is 3.31. The van der Waals surface area contributed by atoms with Crippen LogP contribution in [0.3, 0.4) is 0 Å². The highest BCUT2D eigenvalue weighted by Gasteiger charge is 2.06. The third kappa shape index (κ3) is 2.70. The van der Waals surface area contributed by atoms with Gasteiger partial charge < -0.3 is 11.1 Å². The first kappa shape index (κ1) is 11.0. The Hall–Kier alpha value is -1.09. The summed E-state index contributed by atoms with van der Waals surface area (Å²) in [7, 11) is 0. The van der Waals surface area contributed by atoms with Crippen LogP contribution in [0.5, 0.6) is 0 Å². The van der Waals surface area contributed by atoms with Gasteiger partial charge in [0.15, 0.2) is 5.11 Å². The molecule has 0 saturated carbocycles. The van der Waals surface area contributed by atoms with Crippen molar-refractivity contribution in [3.8, 4) is 0 Å². The van der Waals surface area contributed by atoms with Gasteiger partial charge in [-0.1, -0.05) is 31.5 Å². The molecule has 1 aromatic rings. The first-order chi connectivity index (χ1) is 6.50. The number of nitrogens with one attached hydrogen (secondary N) is 1. The lowest BCUT2D eigenvalue weighted by atomic mass is 9.99. The molecule has 76 valence electrons. The van der Waals surface area contributed by atoms with E-state index in [-0.39, 0.29) is 0 Å². The summed E-state index contributed by atoms with van der Waals surface area (Å²) in [5.74, 6) is 0.465. The van der Waals surface area contributed by atoms with Gasteiger partial charge in [0.2, 0.25) is 0 Å². The maximum absolute atomic E-state index is 5.45. The van der Waals surface area contributed by atoms with E-state index in [1.807, 2.05) is 12.1 Å². The lowest BCUT2D eigenvalue weighted by molar-refractivity contribution is 0.868. The predicted molar refractivity (Wildman–Crippen MR) is 65.7 cm³/mol. The summed E-state index contributed by atoms with van der Waals surface area (Å²) < 4.78 is 0. The predicted octanol–water partition coefficient (Wildman–Crippen LogP) is 2.77. The quantitative estimate of drug-likeness (QED) is 0.734. The second-order valence-corrected chi connectivity index (χ2v) is 4.17. The minimum atomic E-state index is 0.316. The molecule has 0 aliphatic heterocycles. The Kier molecular flexibility index (Phi) is 3.47. The van der Waals surface area contributed by atoms with Crippen LogP contribution in [-0.2, 0) is 0 Å². The smallest absolute Gasteiger partial charge is 0.168 e. The standard InChI is InChI=1S/C11H16N2S/c1-7(2)9-6-8(3)4-5-10(9)13-11(12)14/h4-7H,1-3H3,(H3,12,13,14). The normalized spacial score (nSPS) is 10.3. The topological polar surface area (TPSA) is 38.0 Å². The van der Waals surface area contributed by atoms with Crippen LogP contribution in [0, 0.1) is 6.92 Å². The molecule has 0 heterocycles. The molecule has 0 aliphatic carbocycles. The molecule has 0 spiro atoms. The maximum Gasteiger partial charge on any atom is 0.168 e. The number of thiocarbonyl (C=S) groups is 1. The number of hydrogen-bond acceptors (Lipinski definition) is 1. The fourth-order valence-corrected chi connectivity index (χ4v) is 1.52. The third-order valence-electron chi connectivity index (χ3n) is 2.09. The molecule has 3 N–H and O–H groups in total. The van der Waals surface area contributed by atoms with Crippen molar-refractivity contribution in [3.63, 3.8) is 0 Å². The highest BCUT2D eigenvalue weighted by atomic mass is 32.1. The highest BCUT2D eigenvalue weighted by Crippen LogP contribution is 2.25. The average molecular weight is 208 g/mol. The lowest BCUT2D eigenvalue weighted by Crippen LogP contribution is -2.20. The van der Waals surface area contributed by atoms with Gasteiger partial charge in [0.05, 0.1) is 0 Å². The molecule has 1 aromatic carbocycles. The summed E-state index contributed by atoms with van der Waals surface area (Å²) in [5.41, 5.74) is 8.96. The van der Waals surface area contributed by atoms with Crippen LogP contribution < -0.4 is 11.1 Å². The lowest BCUT2D eigenvalue weighted by Gasteiger charge is -2.14. The summed E-state index contributed by atoms with van der Waals surface area (Å²) in [6.45, 7) is 6.38. The van der Waals surface area contributed by atoms with E-state index in [0.29, 0.717) is 11.0 Å². The van der Waals surface area contributed by atoms with Crippen LogP contribution >= 0.6 is 12.2 Å². The molecule has 0 aliphatic rings. The third-order valence-corrected chi connectivity index (χ3v) is 2.19. The van der Waals surface area contributed by atoms with Gasteiger partial charge in [0, 0.05) is 5.69 Å². The molecule has 0 fully saturated rings. The van der Waals surface area contributed by atoms with Gasteiger partial charge >= 0.3 is 0 Å². The van der Waals surface area contributed by atoms with Gasteiger partial charge in [-0.2, -0.15) is 0 Å². The van der Waals surface area contributed by atoms with E-state index in [1.54, 1.807) is 0 Å². The molecule has 2 nitrogen and oxygen atoms in total. The largest absolute Gasteiger partial charge is 0.376 e. The van der Waals surface area contributed by atoms with Crippen LogP contribution in [0.25, 0.3) is 0 Å². The number of aryl methyl sites for hydroxylation is 1. The minimum Gasteiger partial charge on any atom is -0.376 e. The van der Waals surface area contributed by atoms with Gasteiger partial charge in [0.1, 0.15) is 0 Å². The molecule has 0 saturated heterocycles. The van der Waals surface area contributed by atoms with Crippen LogP contribution in [0.2, 0.25) is 0 Å². The minimum absolute atomic E-state index is 0.316. The van der Waals surface area contributed by atoms with Crippen molar-refractivity contribution >= 4 is 23.0 Å². The number of hydrogen-bond donors (Lipinski definition) is 2. The van der Waals surface area contributed by atoms with Gasteiger partial charge in [-0.15, -0.1) is 0 Å². The van der Waals surface area contributed by atoms with Gasteiger partial charge in [0.25, 0.3) is 0 Å².